The van der Waals surface area contributed by atoms with Crippen LogP contribution in [0.15, 0.2) is 18.2 Å². The van der Waals surface area contributed by atoms with Crippen molar-refractivity contribution < 1.29 is 9.59 Å². The van der Waals surface area contributed by atoms with Gasteiger partial charge < -0.3 is 10.6 Å². The minimum absolute atomic E-state index is 0.000532. The second-order valence-corrected chi connectivity index (χ2v) is 4.46. The van der Waals surface area contributed by atoms with E-state index in [2.05, 4.69) is 10.6 Å². The third-order valence-electron chi connectivity index (χ3n) is 2.96. The molecule has 0 aliphatic carbocycles. The van der Waals surface area contributed by atoms with Crippen molar-refractivity contribution in [1.82, 2.24) is 0 Å². The van der Waals surface area contributed by atoms with E-state index in [1.54, 1.807) is 0 Å². The Morgan fingerprint density at radius 3 is 2.28 bits per heavy atom. The molecule has 2 amide bonds. The van der Waals surface area contributed by atoms with Crippen LogP contribution >= 0.6 is 0 Å². The fourth-order valence-corrected chi connectivity index (χ4v) is 1.54. The maximum atomic E-state index is 11.8. The molecule has 0 spiro atoms. The van der Waals surface area contributed by atoms with E-state index in [1.807, 2.05) is 39.0 Å². The van der Waals surface area contributed by atoms with Crippen molar-refractivity contribution in [3.8, 4) is 0 Å². The van der Waals surface area contributed by atoms with Crippen LogP contribution in [0.5, 0.6) is 0 Å². The molecule has 1 atom stereocenters. The van der Waals surface area contributed by atoms with Gasteiger partial charge in [-0.1, -0.05) is 19.9 Å². The van der Waals surface area contributed by atoms with Crippen molar-refractivity contribution in [2.75, 3.05) is 10.6 Å². The number of anilines is 2. The van der Waals surface area contributed by atoms with E-state index in [0.29, 0.717) is 0 Å². The fraction of sp³-hybridized carbons (Fsp3) is 0.429. The summed E-state index contributed by atoms with van der Waals surface area (Å²) in [5.74, 6) is -0.141. The van der Waals surface area contributed by atoms with E-state index < -0.39 is 0 Å². The molecule has 0 saturated heterocycles. The highest BCUT2D eigenvalue weighted by molar-refractivity contribution is 5.95. The molecule has 1 aromatic carbocycles. The molecule has 2 N–H and O–H groups in total. The number of hydrogen-bond donors (Lipinski definition) is 2. The third-order valence-corrected chi connectivity index (χ3v) is 2.96. The van der Waals surface area contributed by atoms with Gasteiger partial charge in [-0.3, -0.25) is 9.59 Å². The highest BCUT2D eigenvalue weighted by atomic mass is 16.2. The first-order chi connectivity index (χ1) is 8.45. The summed E-state index contributed by atoms with van der Waals surface area (Å²) in [4.78, 5) is 22.9. The van der Waals surface area contributed by atoms with Crippen LogP contribution in [-0.4, -0.2) is 11.8 Å². The maximum absolute atomic E-state index is 11.8. The van der Waals surface area contributed by atoms with Crippen molar-refractivity contribution in [2.24, 2.45) is 5.92 Å². The van der Waals surface area contributed by atoms with E-state index in [-0.39, 0.29) is 17.7 Å². The van der Waals surface area contributed by atoms with Crippen molar-refractivity contribution in [3.63, 3.8) is 0 Å². The topological polar surface area (TPSA) is 58.2 Å². The van der Waals surface area contributed by atoms with E-state index in [0.717, 1.165) is 23.4 Å². The lowest BCUT2D eigenvalue weighted by Gasteiger charge is -2.14. The van der Waals surface area contributed by atoms with Gasteiger partial charge in [0.05, 0.1) is 0 Å². The zero-order chi connectivity index (χ0) is 13.7. The van der Waals surface area contributed by atoms with Gasteiger partial charge in [0, 0.05) is 24.2 Å². The Hall–Kier alpha value is -1.84. The summed E-state index contributed by atoms with van der Waals surface area (Å²) >= 11 is 0. The minimum atomic E-state index is -0.122. The molecule has 0 bridgehead atoms. The quantitative estimate of drug-likeness (QED) is 0.860. The van der Waals surface area contributed by atoms with Gasteiger partial charge in [0.15, 0.2) is 0 Å². The summed E-state index contributed by atoms with van der Waals surface area (Å²) < 4.78 is 0. The van der Waals surface area contributed by atoms with Crippen LogP contribution in [0.3, 0.4) is 0 Å². The minimum Gasteiger partial charge on any atom is -0.326 e. The summed E-state index contributed by atoms with van der Waals surface area (Å²) in [6.45, 7) is 7.20. The molecule has 0 saturated carbocycles. The van der Waals surface area contributed by atoms with Crippen LogP contribution in [0.2, 0.25) is 0 Å². The lowest BCUT2D eigenvalue weighted by Crippen LogP contribution is -2.20. The number of benzene rings is 1. The van der Waals surface area contributed by atoms with Crippen LogP contribution in [0, 0.1) is 12.8 Å². The normalized spacial score (nSPS) is 11.8. The summed E-state index contributed by atoms with van der Waals surface area (Å²) in [5.41, 5.74) is 2.33. The van der Waals surface area contributed by atoms with Gasteiger partial charge in [0.25, 0.3) is 0 Å². The molecule has 4 heteroatoms. The van der Waals surface area contributed by atoms with Crippen LogP contribution in [0.25, 0.3) is 0 Å². The second kappa shape index (κ2) is 6.19. The van der Waals surface area contributed by atoms with Crippen molar-refractivity contribution in [2.45, 2.75) is 34.1 Å². The molecule has 0 heterocycles. The zero-order valence-corrected chi connectivity index (χ0v) is 11.3. The maximum Gasteiger partial charge on any atom is 0.227 e. The molecule has 0 unspecified atom stereocenters. The molecule has 0 aliphatic heterocycles. The van der Waals surface area contributed by atoms with Crippen LogP contribution in [0.1, 0.15) is 32.8 Å². The van der Waals surface area contributed by atoms with E-state index >= 15 is 0 Å². The van der Waals surface area contributed by atoms with Gasteiger partial charge in [-0.25, -0.2) is 0 Å². The average Bonchev–Trinajstić information content (AvgIpc) is 2.32. The molecular formula is C14H20N2O2. The number of nitrogens with one attached hydrogen (secondary N) is 2. The van der Waals surface area contributed by atoms with Crippen molar-refractivity contribution in [3.05, 3.63) is 23.8 Å². The van der Waals surface area contributed by atoms with Gasteiger partial charge in [-0.2, -0.15) is 0 Å². The highest BCUT2D eigenvalue weighted by Crippen LogP contribution is 2.23. The molecule has 18 heavy (non-hydrogen) atoms. The monoisotopic (exact) mass is 248 g/mol. The number of amides is 2. The lowest BCUT2D eigenvalue weighted by atomic mass is 10.1. The fourth-order valence-electron chi connectivity index (χ4n) is 1.54. The molecular weight excluding hydrogens is 228 g/mol. The van der Waals surface area contributed by atoms with Gasteiger partial charge in [0.2, 0.25) is 11.8 Å². The van der Waals surface area contributed by atoms with Gasteiger partial charge >= 0.3 is 0 Å². The van der Waals surface area contributed by atoms with E-state index in [9.17, 15) is 9.59 Å². The molecule has 0 aliphatic rings. The SMILES string of the molecule is CC[C@@H](C)C(=O)Nc1cccc(NC(C)=O)c1C. The molecule has 98 valence electrons. The Bertz CT molecular complexity index is 455. The van der Waals surface area contributed by atoms with Crippen LogP contribution in [-0.2, 0) is 9.59 Å². The number of rotatable bonds is 4. The van der Waals surface area contributed by atoms with Gasteiger partial charge in [-0.05, 0) is 31.0 Å². The molecule has 0 radical (unpaired) electrons. The molecule has 1 aromatic rings. The average molecular weight is 248 g/mol. The first-order valence-electron chi connectivity index (χ1n) is 6.13. The Labute approximate surface area is 108 Å². The first kappa shape index (κ1) is 14.2. The Kier molecular flexibility index (Phi) is 4.89. The smallest absolute Gasteiger partial charge is 0.227 e. The standard InChI is InChI=1S/C14H20N2O2/c1-5-9(2)14(18)16-13-8-6-7-12(10(13)3)15-11(4)17/h6-9H,5H2,1-4H3,(H,15,17)(H,16,18)/t9-/m1/s1. The Morgan fingerprint density at radius 2 is 1.78 bits per heavy atom. The summed E-state index contributed by atoms with van der Waals surface area (Å²) in [6.07, 6.45) is 0.802. The summed E-state index contributed by atoms with van der Waals surface area (Å²) in [5, 5.41) is 5.62. The van der Waals surface area contributed by atoms with Crippen molar-refractivity contribution >= 4 is 23.2 Å². The lowest BCUT2D eigenvalue weighted by molar-refractivity contribution is -0.119. The number of carbonyl (C=O) groups excluding carboxylic acids is 2. The number of hydrogen-bond acceptors (Lipinski definition) is 2. The number of carbonyl (C=O) groups is 2. The zero-order valence-electron chi connectivity index (χ0n) is 11.3. The summed E-state index contributed by atoms with van der Waals surface area (Å²) in [7, 11) is 0. The molecule has 0 aromatic heterocycles. The van der Waals surface area contributed by atoms with Gasteiger partial charge in [-0.15, -0.1) is 0 Å². The summed E-state index contributed by atoms with van der Waals surface area (Å²) in [6, 6.07) is 5.46. The second-order valence-electron chi connectivity index (χ2n) is 4.46. The largest absolute Gasteiger partial charge is 0.326 e. The Balaban J connectivity index is 2.90. The van der Waals surface area contributed by atoms with E-state index in [1.165, 1.54) is 6.92 Å². The molecule has 4 nitrogen and oxygen atoms in total. The first-order valence-corrected chi connectivity index (χ1v) is 6.13. The third kappa shape index (κ3) is 3.58. The van der Waals surface area contributed by atoms with E-state index in [4.69, 9.17) is 0 Å². The van der Waals surface area contributed by atoms with Gasteiger partial charge in [0.1, 0.15) is 0 Å². The van der Waals surface area contributed by atoms with Crippen LogP contribution < -0.4 is 10.6 Å². The predicted molar refractivity (Wildman–Crippen MR) is 73.6 cm³/mol. The highest BCUT2D eigenvalue weighted by Gasteiger charge is 2.12. The predicted octanol–water partition coefficient (Wildman–Crippen LogP) is 2.94. The van der Waals surface area contributed by atoms with Crippen molar-refractivity contribution in [1.29, 1.82) is 0 Å². The molecule has 1 rings (SSSR count). The Morgan fingerprint density at radius 1 is 1.22 bits per heavy atom. The van der Waals surface area contributed by atoms with Crippen LogP contribution in [0.4, 0.5) is 11.4 Å². The molecule has 0 fully saturated rings.